The molecule has 0 saturated carbocycles. The summed E-state index contributed by atoms with van der Waals surface area (Å²) in [4.78, 5) is 15.1. The highest BCUT2D eigenvalue weighted by molar-refractivity contribution is 5.76. The lowest BCUT2D eigenvalue weighted by molar-refractivity contribution is -0.122. The fourth-order valence-electron chi connectivity index (χ4n) is 4.40. The van der Waals surface area contributed by atoms with E-state index in [0.29, 0.717) is 18.4 Å². The third kappa shape index (κ3) is 4.86. The first-order valence-corrected chi connectivity index (χ1v) is 10.2. The summed E-state index contributed by atoms with van der Waals surface area (Å²) in [7, 11) is 0. The Morgan fingerprint density at radius 1 is 1.19 bits per heavy atom. The SMILES string of the molecule is CC(C)N1CCC(CC(=O)NCC2(c3ccccc3)CCOCC2)CC1. The van der Waals surface area contributed by atoms with Crippen molar-refractivity contribution in [2.75, 3.05) is 32.8 Å². The molecule has 1 N–H and O–H groups in total. The molecule has 1 amide bonds. The van der Waals surface area contributed by atoms with Gasteiger partial charge in [-0.3, -0.25) is 4.79 Å². The zero-order valence-corrected chi connectivity index (χ0v) is 16.4. The molecule has 4 nitrogen and oxygen atoms in total. The molecule has 0 aromatic heterocycles. The lowest BCUT2D eigenvalue weighted by Gasteiger charge is -2.38. The lowest BCUT2D eigenvalue weighted by atomic mass is 9.74. The number of rotatable bonds is 6. The fraction of sp³-hybridized carbons (Fsp3) is 0.682. The van der Waals surface area contributed by atoms with Crippen molar-refractivity contribution in [3.8, 4) is 0 Å². The monoisotopic (exact) mass is 358 g/mol. The van der Waals surface area contributed by atoms with Crippen LogP contribution in [0.4, 0.5) is 0 Å². The first kappa shape index (κ1) is 19.4. The maximum atomic E-state index is 12.6. The van der Waals surface area contributed by atoms with E-state index in [1.165, 1.54) is 5.56 Å². The first-order chi connectivity index (χ1) is 12.6. The van der Waals surface area contributed by atoms with Gasteiger partial charge in [0.05, 0.1) is 0 Å². The largest absolute Gasteiger partial charge is 0.381 e. The molecule has 0 radical (unpaired) electrons. The van der Waals surface area contributed by atoms with Crippen LogP contribution in [0.5, 0.6) is 0 Å². The predicted molar refractivity (Wildman–Crippen MR) is 105 cm³/mol. The van der Waals surface area contributed by atoms with Crippen LogP contribution in [0.2, 0.25) is 0 Å². The number of nitrogens with one attached hydrogen (secondary N) is 1. The van der Waals surface area contributed by atoms with Gasteiger partial charge in [0.1, 0.15) is 0 Å². The molecule has 0 unspecified atom stereocenters. The molecule has 1 aromatic carbocycles. The summed E-state index contributed by atoms with van der Waals surface area (Å²) >= 11 is 0. The van der Waals surface area contributed by atoms with Gasteiger partial charge < -0.3 is 15.0 Å². The van der Waals surface area contributed by atoms with E-state index in [4.69, 9.17) is 4.74 Å². The van der Waals surface area contributed by atoms with E-state index in [0.717, 1.165) is 58.5 Å². The van der Waals surface area contributed by atoms with Crippen LogP contribution in [0.15, 0.2) is 30.3 Å². The van der Waals surface area contributed by atoms with Gasteiger partial charge in [-0.2, -0.15) is 0 Å². The molecule has 2 aliphatic heterocycles. The molecule has 0 aliphatic carbocycles. The van der Waals surface area contributed by atoms with E-state index >= 15 is 0 Å². The average Bonchev–Trinajstić information content (AvgIpc) is 2.68. The van der Waals surface area contributed by atoms with Crippen molar-refractivity contribution in [1.29, 1.82) is 0 Å². The van der Waals surface area contributed by atoms with E-state index in [1.807, 2.05) is 0 Å². The van der Waals surface area contributed by atoms with Crippen molar-refractivity contribution >= 4 is 5.91 Å². The summed E-state index contributed by atoms with van der Waals surface area (Å²) in [5.41, 5.74) is 1.35. The summed E-state index contributed by atoms with van der Waals surface area (Å²) in [5, 5.41) is 3.26. The standard InChI is InChI=1S/C22H34N2O2/c1-18(2)24-12-8-19(9-13-24)16-21(25)23-17-22(10-14-26-15-11-22)20-6-4-3-5-7-20/h3-7,18-19H,8-17H2,1-2H3,(H,23,25). The number of amides is 1. The van der Waals surface area contributed by atoms with Gasteiger partial charge in [0.15, 0.2) is 0 Å². The average molecular weight is 359 g/mol. The highest BCUT2D eigenvalue weighted by Crippen LogP contribution is 2.34. The number of likely N-dealkylation sites (tertiary alicyclic amines) is 1. The summed E-state index contributed by atoms with van der Waals surface area (Å²) in [5.74, 6) is 0.752. The summed E-state index contributed by atoms with van der Waals surface area (Å²) in [6.07, 6.45) is 4.91. The van der Waals surface area contributed by atoms with E-state index in [9.17, 15) is 4.79 Å². The smallest absolute Gasteiger partial charge is 0.220 e. The Morgan fingerprint density at radius 3 is 2.46 bits per heavy atom. The van der Waals surface area contributed by atoms with E-state index in [1.54, 1.807) is 0 Å². The van der Waals surface area contributed by atoms with Crippen molar-refractivity contribution in [3.05, 3.63) is 35.9 Å². The summed E-state index contributed by atoms with van der Waals surface area (Å²) in [6, 6.07) is 11.2. The second-order valence-electron chi connectivity index (χ2n) is 8.31. The Morgan fingerprint density at radius 2 is 1.85 bits per heavy atom. The van der Waals surface area contributed by atoms with Gasteiger partial charge in [0, 0.05) is 37.6 Å². The van der Waals surface area contributed by atoms with E-state index in [2.05, 4.69) is 54.4 Å². The molecule has 0 bridgehead atoms. The molecule has 2 fully saturated rings. The molecule has 2 heterocycles. The topological polar surface area (TPSA) is 41.6 Å². The number of carbonyl (C=O) groups excluding carboxylic acids is 1. The van der Waals surface area contributed by atoms with Gasteiger partial charge in [-0.25, -0.2) is 0 Å². The minimum Gasteiger partial charge on any atom is -0.381 e. The van der Waals surface area contributed by atoms with Crippen molar-refractivity contribution in [1.82, 2.24) is 10.2 Å². The normalized spacial score (nSPS) is 21.7. The molecule has 1 aromatic rings. The minimum absolute atomic E-state index is 0.0240. The van der Waals surface area contributed by atoms with Crippen molar-refractivity contribution in [2.45, 2.75) is 57.4 Å². The summed E-state index contributed by atoms with van der Waals surface area (Å²) < 4.78 is 5.59. The number of carbonyl (C=O) groups is 1. The predicted octanol–water partition coefficient (Wildman–Crippen LogP) is 3.36. The molecule has 4 heteroatoms. The molecule has 3 rings (SSSR count). The van der Waals surface area contributed by atoms with Gasteiger partial charge in [0.2, 0.25) is 5.91 Å². The van der Waals surface area contributed by atoms with Crippen LogP contribution in [0.1, 0.15) is 51.5 Å². The van der Waals surface area contributed by atoms with Crippen LogP contribution in [-0.2, 0) is 14.9 Å². The number of hydrogen-bond acceptors (Lipinski definition) is 3. The first-order valence-electron chi connectivity index (χ1n) is 10.2. The third-order valence-electron chi connectivity index (χ3n) is 6.31. The Bertz CT molecular complexity index is 559. The molecular formula is C22H34N2O2. The van der Waals surface area contributed by atoms with Crippen molar-refractivity contribution in [2.24, 2.45) is 5.92 Å². The second-order valence-corrected chi connectivity index (χ2v) is 8.31. The number of hydrogen-bond donors (Lipinski definition) is 1. The number of piperidine rings is 1. The van der Waals surface area contributed by atoms with Gasteiger partial charge in [-0.05, 0) is 64.1 Å². The van der Waals surface area contributed by atoms with E-state index < -0.39 is 0 Å². The molecule has 2 aliphatic rings. The van der Waals surface area contributed by atoms with Gasteiger partial charge in [0.25, 0.3) is 0 Å². The molecule has 0 atom stereocenters. The van der Waals surface area contributed by atoms with Crippen LogP contribution >= 0.6 is 0 Å². The lowest BCUT2D eigenvalue weighted by Crippen LogP contribution is -2.45. The Labute approximate surface area is 158 Å². The van der Waals surface area contributed by atoms with Crippen LogP contribution in [0, 0.1) is 5.92 Å². The van der Waals surface area contributed by atoms with Crippen molar-refractivity contribution in [3.63, 3.8) is 0 Å². The molecule has 144 valence electrons. The molecule has 26 heavy (non-hydrogen) atoms. The maximum absolute atomic E-state index is 12.6. The highest BCUT2D eigenvalue weighted by atomic mass is 16.5. The zero-order valence-electron chi connectivity index (χ0n) is 16.4. The van der Waals surface area contributed by atoms with Gasteiger partial charge in [-0.15, -0.1) is 0 Å². The van der Waals surface area contributed by atoms with Crippen LogP contribution in [-0.4, -0.2) is 49.7 Å². The second kappa shape index (κ2) is 9.01. The Balaban J connectivity index is 1.52. The molecular weight excluding hydrogens is 324 g/mol. The Kier molecular flexibility index (Phi) is 6.71. The van der Waals surface area contributed by atoms with Crippen LogP contribution < -0.4 is 5.32 Å². The maximum Gasteiger partial charge on any atom is 0.220 e. The van der Waals surface area contributed by atoms with Gasteiger partial charge >= 0.3 is 0 Å². The quantitative estimate of drug-likeness (QED) is 0.848. The number of benzene rings is 1. The number of nitrogens with zero attached hydrogens (tertiary/aromatic N) is 1. The molecule has 2 saturated heterocycles. The number of ether oxygens (including phenoxy) is 1. The van der Waals surface area contributed by atoms with Gasteiger partial charge in [-0.1, -0.05) is 30.3 Å². The highest BCUT2D eigenvalue weighted by Gasteiger charge is 2.35. The third-order valence-corrected chi connectivity index (χ3v) is 6.31. The van der Waals surface area contributed by atoms with Crippen LogP contribution in [0.3, 0.4) is 0 Å². The summed E-state index contributed by atoms with van der Waals surface area (Å²) in [6.45, 7) is 9.04. The molecule has 0 spiro atoms. The Hall–Kier alpha value is -1.39. The van der Waals surface area contributed by atoms with Crippen LogP contribution in [0.25, 0.3) is 0 Å². The fourth-order valence-corrected chi connectivity index (χ4v) is 4.40. The van der Waals surface area contributed by atoms with E-state index in [-0.39, 0.29) is 11.3 Å². The zero-order chi connectivity index (χ0) is 18.4. The van der Waals surface area contributed by atoms with Crippen molar-refractivity contribution < 1.29 is 9.53 Å². The minimum atomic E-state index is 0.0240.